The normalized spacial score (nSPS) is 15.0. The quantitative estimate of drug-likeness (QED) is 0.274. The van der Waals surface area contributed by atoms with Gasteiger partial charge in [0.2, 0.25) is 5.76 Å². The number of carbonyl (C=O) groups is 1. The highest BCUT2D eigenvalue weighted by atomic mass is 79.9. The van der Waals surface area contributed by atoms with Crippen LogP contribution in [0.5, 0.6) is 11.5 Å². The third-order valence-electron chi connectivity index (χ3n) is 6.01. The Balaban J connectivity index is 1.73. The van der Waals surface area contributed by atoms with E-state index in [0.29, 0.717) is 50.7 Å². The lowest BCUT2D eigenvalue weighted by Gasteiger charge is -2.26. The van der Waals surface area contributed by atoms with Crippen molar-refractivity contribution in [2.45, 2.75) is 19.9 Å². The Hall–Kier alpha value is -3.65. The van der Waals surface area contributed by atoms with Gasteiger partial charge in [-0.05, 0) is 66.1 Å². The molecule has 0 saturated carbocycles. The molecule has 3 aromatic carbocycles. The molecule has 1 amide bonds. The van der Waals surface area contributed by atoms with Gasteiger partial charge in [-0.1, -0.05) is 35.8 Å². The summed E-state index contributed by atoms with van der Waals surface area (Å²) in [5, 5.41) is 0.353. The smallest absolute Gasteiger partial charge is 0.295 e. The van der Waals surface area contributed by atoms with Gasteiger partial charge in [0.15, 0.2) is 16.9 Å². The van der Waals surface area contributed by atoms with Crippen LogP contribution in [-0.4, -0.2) is 19.6 Å². The number of hydrogen-bond donors (Lipinski definition) is 0. The van der Waals surface area contributed by atoms with Crippen LogP contribution in [0.1, 0.15) is 41.6 Å². The molecule has 2 heterocycles. The largest absolute Gasteiger partial charge is 0.493 e. The second-order valence-electron chi connectivity index (χ2n) is 8.98. The van der Waals surface area contributed by atoms with Crippen LogP contribution < -0.4 is 19.8 Å². The maximum atomic E-state index is 13.8. The fourth-order valence-electron chi connectivity index (χ4n) is 4.36. The highest BCUT2D eigenvalue weighted by Gasteiger charge is 2.44. The summed E-state index contributed by atoms with van der Waals surface area (Å²) in [6.45, 7) is 4.60. The van der Waals surface area contributed by atoms with E-state index >= 15 is 0 Å². The van der Waals surface area contributed by atoms with Crippen molar-refractivity contribution in [3.63, 3.8) is 0 Å². The van der Waals surface area contributed by atoms with E-state index in [2.05, 4.69) is 15.9 Å². The molecule has 1 aromatic heterocycles. The molecular formula is C28H23BrFNO5. The number of fused-ring (bicyclic) bond motifs is 2. The standard InChI is InChI=1S/C28H23BrFNO5/c1-15(2)14-35-22-10-4-16(12-23(22)34-3)25-24-26(32)20-13-17(29)5-11-21(20)36-27(24)28(33)31(25)19-8-6-18(30)7-9-19/h4-13,15,25H,14H2,1-3H3. The average molecular weight is 552 g/mol. The van der Waals surface area contributed by atoms with Crippen LogP contribution in [0.15, 0.2) is 74.3 Å². The Morgan fingerprint density at radius 2 is 1.78 bits per heavy atom. The lowest BCUT2D eigenvalue weighted by Crippen LogP contribution is -2.29. The van der Waals surface area contributed by atoms with E-state index in [4.69, 9.17) is 13.9 Å². The number of nitrogens with zero attached hydrogens (tertiary/aromatic N) is 1. The van der Waals surface area contributed by atoms with Crippen molar-refractivity contribution in [3.8, 4) is 11.5 Å². The number of carbonyl (C=O) groups excluding carboxylic acids is 1. The molecule has 0 bridgehead atoms. The number of amides is 1. The molecule has 0 saturated heterocycles. The molecular weight excluding hydrogens is 529 g/mol. The minimum atomic E-state index is -0.814. The molecule has 0 spiro atoms. The maximum Gasteiger partial charge on any atom is 0.295 e. The molecule has 0 aliphatic carbocycles. The maximum absolute atomic E-state index is 13.8. The summed E-state index contributed by atoms with van der Waals surface area (Å²) in [5.74, 6) is 0.395. The lowest BCUT2D eigenvalue weighted by atomic mass is 9.97. The Kier molecular flexibility index (Phi) is 6.30. The number of benzene rings is 3. The van der Waals surface area contributed by atoms with E-state index in [9.17, 15) is 14.0 Å². The zero-order valence-corrected chi connectivity index (χ0v) is 21.5. The fraction of sp³-hybridized carbons (Fsp3) is 0.214. The van der Waals surface area contributed by atoms with E-state index in [1.807, 2.05) is 13.8 Å². The monoisotopic (exact) mass is 551 g/mol. The van der Waals surface area contributed by atoms with Crippen LogP contribution in [0.2, 0.25) is 0 Å². The summed E-state index contributed by atoms with van der Waals surface area (Å²) in [4.78, 5) is 28.9. The van der Waals surface area contributed by atoms with Gasteiger partial charge in [-0.2, -0.15) is 0 Å². The summed E-state index contributed by atoms with van der Waals surface area (Å²) in [6, 6.07) is 15.1. The van der Waals surface area contributed by atoms with Crippen LogP contribution in [0, 0.1) is 11.7 Å². The predicted octanol–water partition coefficient (Wildman–Crippen LogP) is 6.49. The van der Waals surface area contributed by atoms with Gasteiger partial charge in [-0.3, -0.25) is 14.5 Å². The number of methoxy groups -OCH3 is 1. The lowest BCUT2D eigenvalue weighted by molar-refractivity contribution is 0.0971. The van der Waals surface area contributed by atoms with Crippen molar-refractivity contribution in [3.05, 3.63) is 98.1 Å². The third-order valence-corrected chi connectivity index (χ3v) is 6.51. The van der Waals surface area contributed by atoms with E-state index in [0.717, 1.165) is 0 Å². The van der Waals surface area contributed by atoms with E-state index in [1.165, 1.54) is 36.3 Å². The Bertz CT molecular complexity index is 1530. The van der Waals surface area contributed by atoms with Crippen LogP contribution >= 0.6 is 15.9 Å². The highest BCUT2D eigenvalue weighted by molar-refractivity contribution is 9.10. The number of rotatable bonds is 6. The molecule has 1 unspecified atom stereocenters. The van der Waals surface area contributed by atoms with Gasteiger partial charge >= 0.3 is 0 Å². The summed E-state index contributed by atoms with van der Waals surface area (Å²) in [5.41, 5.74) is 1.27. The first-order valence-corrected chi connectivity index (χ1v) is 12.2. The van der Waals surface area contributed by atoms with Crippen molar-refractivity contribution in [1.82, 2.24) is 0 Å². The van der Waals surface area contributed by atoms with Crippen molar-refractivity contribution < 1.29 is 23.1 Å². The van der Waals surface area contributed by atoms with Gasteiger partial charge < -0.3 is 13.9 Å². The molecule has 5 rings (SSSR count). The fourth-order valence-corrected chi connectivity index (χ4v) is 4.72. The number of ether oxygens (including phenoxy) is 2. The summed E-state index contributed by atoms with van der Waals surface area (Å²) < 4.78 is 31.9. The minimum Gasteiger partial charge on any atom is -0.493 e. The second kappa shape index (κ2) is 9.43. The summed E-state index contributed by atoms with van der Waals surface area (Å²) >= 11 is 3.40. The Labute approximate surface area is 215 Å². The molecule has 184 valence electrons. The van der Waals surface area contributed by atoms with Gasteiger partial charge in [0.25, 0.3) is 5.91 Å². The van der Waals surface area contributed by atoms with Gasteiger partial charge in [0, 0.05) is 10.2 Å². The van der Waals surface area contributed by atoms with Crippen LogP contribution in [0.25, 0.3) is 11.0 Å². The van der Waals surface area contributed by atoms with E-state index in [1.54, 1.807) is 36.4 Å². The van der Waals surface area contributed by atoms with E-state index in [-0.39, 0.29) is 16.8 Å². The van der Waals surface area contributed by atoms with Crippen molar-refractivity contribution >= 4 is 38.5 Å². The molecule has 1 aliphatic heterocycles. The number of anilines is 1. The third kappa shape index (κ3) is 4.15. The number of hydrogen-bond acceptors (Lipinski definition) is 5. The van der Waals surface area contributed by atoms with Gasteiger partial charge in [-0.15, -0.1) is 0 Å². The molecule has 1 atom stereocenters. The van der Waals surface area contributed by atoms with Crippen molar-refractivity contribution in [1.29, 1.82) is 0 Å². The molecule has 0 radical (unpaired) electrons. The van der Waals surface area contributed by atoms with E-state index < -0.39 is 17.8 Å². The first-order valence-electron chi connectivity index (χ1n) is 11.4. The molecule has 0 N–H and O–H groups in total. The average Bonchev–Trinajstić information content (AvgIpc) is 3.16. The Morgan fingerprint density at radius 3 is 2.47 bits per heavy atom. The van der Waals surface area contributed by atoms with Gasteiger partial charge in [0.1, 0.15) is 11.4 Å². The molecule has 0 fully saturated rings. The molecule has 36 heavy (non-hydrogen) atoms. The summed E-state index contributed by atoms with van der Waals surface area (Å²) in [6.07, 6.45) is 0. The van der Waals surface area contributed by atoms with Crippen LogP contribution in [-0.2, 0) is 0 Å². The van der Waals surface area contributed by atoms with Crippen LogP contribution in [0.3, 0.4) is 0 Å². The summed E-state index contributed by atoms with van der Waals surface area (Å²) in [7, 11) is 1.53. The molecule has 6 nitrogen and oxygen atoms in total. The van der Waals surface area contributed by atoms with Gasteiger partial charge in [0.05, 0.1) is 30.7 Å². The van der Waals surface area contributed by atoms with Crippen molar-refractivity contribution in [2.75, 3.05) is 18.6 Å². The minimum absolute atomic E-state index is 0.0387. The number of halogens is 2. The first kappa shape index (κ1) is 24.1. The molecule has 8 heteroatoms. The highest BCUT2D eigenvalue weighted by Crippen LogP contribution is 2.43. The topological polar surface area (TPSA) is 69.0 Å². The SMILES string of the molecule is COc1cc(C2c3c(oc4ccc(Br)cc4c3=O)C(=O)N2c2ccc(F)cc2)ccc1OCC(C)C. The zero-order valence-electron chi connectivity index (χ0n) is 19.9. The second-order valence-corrected chi connectivity index (χ2v) is 9.90. The predicted molar refractivity (Wildman–Crippen MR) is 139 cm³/mol. The Morgan fingerprint density at radius 1 is 1.03 bits per heavy atom. The van der Waals surface area contributed by atoms with Crippen molar-refractivity contribution in [2.24, 2.45) is 5.92 Å². The van der Waals surface area contributed by atoms with Gasteiger partial charge in [-0.25, -0.2) is 4.39 Å². The molecule has 1 aliphatic rings. The zero-order chi connectivity index (χ0) is 25.6. The first-order chi connectivity index (χ1) is 17.3. The molecule has 4 aromatic rings. The van der Waals surface area contributed by atoms with Crippen LogP contribution in [0.4, 0.5) is 10.1 Å².